The Labute approximate surface area is 110 Å². The zero-order valence-electron chi connectivity index (χ0n) is 12.1. The largest absolute Gasteiger partial charge is 0.368 e. The lowest BCUT2D eigenvalue weighted by molar-refractivity contribution is 0.384. The van der Waals surface area contributed by atoms with Crippen molar-refractivity contribution >= 4 is 11.6 Å². The molecule has 0 fully saturated rings. The van der Waals surface area contributed by atoms with Gasteiger partial charge in [0.2, 0.25) is 0 Å². The highest BCUT2D eigenvalue weighted by Crippen LogP contribution is 2.19. The van der Waals surface area contributed by atoms with E-state index >= 15 is 0 Å². The quantitative estimate of drug-likeness (QED) is 0.806. The molecular weight excluding hydrogens is 226 g/mol. The molecule has 0 aromatic carbocycles. The molecule has 102 valence electrons. The first kappa shape index (κ1) is 14.7. The molecule has 1 heterocycles. The fraction of sp³-hybridized carbons (Fsp3) is 0.692. The lowest BCUT2D eigenvalue weighted by Gasteiger charge is -2.29. The molecule has 1 rings (SSSR count). The summed E-state index contributed by atoms with van der Waals surface area (Å²) < 4.78 is 0. The van der Waals surface area contributed by atoms with Gasteiger partial charge in [0.15, 0.2) is 0 Å². The first-order chi connectivity index (χ1) is 8.34. The number of hydrogen-bond acceptors (Lipinski definition) is 5. The number of rotatable bonds is 6. The minimum Gasteiger partial charge on any atom is -0.368 e. The van der Waals surface area contributed by atoms with Crippen LogP contribution in [0.5, 0.6) is 0 Å². The van der Waals surface area contributed by atoms with Gasteiger partial charge in [0.05, 0.1) is 0 Å². The van der Waals surface area contributed by atoms with Crippen molar-refractivity contribution in [2.45, 2.75) is 33.7 Å². The highest BCUT2D eigenvalue weighted by Gasteiger charge is 2.19. The second-order valence-corrected chi connectivity index (χ2v) is 5.78. The third kappa shape index (κ3) is 4.49. The van der Waals surface area contributed by atoms with Gasteiger partial charge in [-0.1, -0.05) is 13.8 Å². The Morgan fingerprint density at radius 2 is 2.06 bits per heavy atom. The van der Waals surface area contributed by atoms with Crippen LogP contribution in [-0.2, 0) is 0 Å². The third-order valence-corrected chi connectivity index (χ3v) is 2.70. The maximum Gasteiger partial charge on any atom is 0.133 e. The fourth-order valence-electron chi connectivity index (χ4n) is 1.72. The van der Waals surface area contributed by atoms with Crippen molar-refractivity contribution in [3.63, 3.8) is 0 Å². The second kappa shape index (κ2) is 6.00. The van der Waals surface area contributed by atoms with Crippen LogP contribution in [0.4, 0.5) is 11.6 Å². The molecule has 0 aliphatic heterocycles. The van der Waals surface area contributed by atoms with E-state index in [1.807, 2.05) is 13.1 Å². The SMILES string of the molecule is CC(C)Nc1cc(N(C)CC(C)(C)CN)ncn1. The zero-order valence-corrected chi connectivity index (χ0v) is 12.1. The van der Waals surface area contributed by atoms with Gasteiger partial charge in [-0.3, -0.25) is 0 Å². The van der Waals surface area contributed by atoms with E-state index in [1.165, 1.54) is 0 Å². The molecule has 0 unspecified atom stereocenters. The summed E-state index contributed by atoms with van der Waals surface area (Å²) in [5.41, 5.74) is 5.83. The average molecular weight is 251 g/mol. The van der Waals surface area contributed by atoms with Crippen molar-refractivity contribution in [3.8, 4) is 0 Å². The molecule has 3 N–H and O–H groups in total. The second-order valence-electron chi connectivity index (χ2n) is 5.78. The molecule has 18 heavy (non-hydrogen) atoms. The first-order valence-electron chi connectivity index (χ1n) is 6.34. The van der Waals surface area contributed by atoms with Gasteiger partial charge in [-0.2, -0.15) is 0 Å². The van der Waals surface area contributed by atoms with E-state index in [0.717, 1.165) is 18.2 Å². The van der Waals surface area contributed by atoms with Crippen molar-refractivity contribution in [2.24, 2.45) is 11.1 Å². The Bertz CT molecular complexity index is 375. The average Bonchev–Trinajstić information content (AvgIpc) is 2.28. The van der Waals surface area contributed by atoms with Crippen molar-refractivity contribution in [3.05, 3.63) is 12.4 Å². The summed E-state index contributed by atoms with van der Waals surface area (Å²) in [6, 6.07) is 2.32. The Hall–Kier alpha value is -1.36. The summed E-state index contributed by atoms with van der Waals surface area (Å²) in [7, 11) is 2.03. The number of nitrogens with two attached hydrogens (primary N) is 1. The predicted molar refractivity (Wildman–Crippen MR) is 76.9 cm³/mol. The van der Waals surface area contributed by atoms with Gasteiger partial charge >= 0.3 is 0 Å². The Kier molecular flexibility index (Phi) is 4.90. The molecule has 5 nitrogen and oxygen atoms in total. The highest BCUT2D eigenvalue weighted by atomic mass is 15.2. The number of nitrogens with zero attached hydrogens (tertiary/aromatic N) is 3. The maximum atomic E-state index is 5.76. The zero-order chi connectivity index (χ0) is 13.8. The Morgan fingerprint density at radius 3 is 2.61 bits per heavy atom. The van der Waals surface area contributed by atoms with Crippen molar-refractivity contribution < 1.29 is 0 Å². The van der Waals surface area contributed by atoms with Crippen LogP contribution in [-0.4, -0.2) is 36.1 Å². The standard InChI is InChI=1S/C13H25N5/c1-10(2)17-11-6-12(16-9-15-11)18(5)8-13(3,4)7-14/h6,9-10H,7-8,14H2,1-5H3,(H,15,16,17). The van der Waals surface area contributed by atoms with Crippen LogP contribution in [0, 0.1) is 5.41 Å². The molecule has 0 saturated heterocycles. The number of aromatic nitrogens is 2. The molecular formula is C13H25N5. The van der Waals surface area contributed by atoms with Crippen LogP contribution in [0.15, 0.2) is 12.4 Å². The summed E-state index contributed by atoms with van der Waals surface area (Å²) in [5.74, 6) is 1.77. The van der Waals surface area contributed by atoms with Gasteiger partial charge in [-0.15, -0.1) is 0 Å². The predicted octanol–water partition coefficient (Wildman–Crippen LogP) is 1.72. The number of nitrogens with one attached hydrogen (secondary N) is 1. The van der Waals surface area contributed by atoms with Crippen LogP contribution >= 0.6 is 0 Å². The van der Waals surface area contributed by atoms with Crippen LogP contribution in [0.3, 0.4) is 0 Å². The fourth-order valence-corrected chi connectivity index (χ4v) is 1.72. The molecule has 0 atom stereocenters. The first-order valence-corrected chi connectivity index (χ1v) is 6.34. The van der Waals surface area contributed by atoms with Crippen LogP contribution in [0.2, 0.25) is 0 Å². The van der Waals surface area contributed by atoms with Crippen LogP contribution in [0.1, 0.15) is 27.7 Å². The van der Waals surface area contributed by atoms with Gasteiger partial charge in [0.25, 0.3) is 0 Å². The number of anilines is 2. The number of hydrogen-bond donors (Lipinski definition) is 2. The van der Waals surface area contributed by atoms with E-state index in [0.29, 0.717) is 12.6 Å². The maximum absolute atomic E-state index is 5.76. The van der Waals surface area contributed by atoms with Crippen molar-refractivity contribution in [2.75, 3.05) is 30.4 Å². The molecule has 5 heteroatoms. The van der Waals surface area contributed by atoms with Gasteiger partial charge in [-0.05, 0) is 25.8 Å². The van der Waals surface area contributed by atoms with Crippen LogP contribution < -0.4 is 16.0 Å². The normalized spacial score (nSPS) is 11.7. The monoisotopic (exact) mass is 251 g/mol. The van der Waals surface area contributed by atoms with E-state index in [-0.39, 0.29) is 5.41 Å². The summed E-state index contributed by atoms with van der Waals surface area (Å²) in [6.45, 7) is 9.99. The Balaban J connectivity index is 2.76. The molecule has 1 aromatic heterocycles. The minimum absolute atomic E-state index is 0.0747. The highest BCUT2D eigenvalue weighted by molar-refractivity contribution is 5.48. The lowest BCUT2D eigenvalue weighted by atomic mass is 9.93. The van der Waals surface area contributed by atoms with E-state index in [1.54, 1.807) is 6.33 Å². The molecule has 0 radical (unpaired) electrons. The summed E-state index contributed by atoms with van der Waals surface area (Å²) in [6.07, 6.45) is 1.59. The van der Waals surface area contributed by atoms with Gasteiger partial charge in [0.1, 0.15) is 18.0 Å². The molecule has 0 amide bonds. The molecule has 0 aliphatic carbocycles. The molecule has 0 spiro atoms. The van der Waals surface area contributed by atoms with Crippen molar-refractivity contribution in [1.82, 2.24) is 9.97 Å². The van der Waals surface area contributed by atoms with Gasteiger partial charge in [-0.25, -0.2) is 9.97 Å². The molecule has 0 saturated carbocycles. The molecule has 0 bridgehead atoms. The lowest BCUT2D eigenvalue weighted by Crippen LogP contribution is -2.37. The third-order valence-electron chi connectivity index (χ3n) is 2.70. The Morgan fingerprint density at radius 1 is 1.39 bits per heavy atom. The van der Waals surface area contributed by atoms with E-state index in [2.05, 4.69) is 47.9 Å². The summed E-state index contributed by atoms with van der Waals surface area (Å²) in [4.78, 5) is 10.6. The molecule has 1 aromatic rings. The summed E-state index contributed by atoms with van der Waals surface area (Å²) in [5, 5.41) is 3.27. The topological polar surface area (TPSA) is 67.1 Å². The summed E-state index contributed by atoms with van der Waals surface area (Å²) >= 11 is 0. The molecule has 0 aliphatic rings. The van der Waals surface area contributed by atoms with Crippen LogP contribution in [0.25, 0.3) is 0 Å². The van der Waals surface area contributed by atoms with Crippen molar-refractivity contribution in [1.29, 1.82) is 0 Å². The van der Waals surface area contributed by atoms with E-state index < -0.39 is 0 Å². The van der Waals surface area contributed by atoms with Gasteiger partial charge < -0.3 is 16.0 Å². The van der Waals surface area contributed by atoms with E-state index in [4.69, 9.17) is 5.73 Å². The smallest absolute Gasteiger partial charge is 0.133 e. The minimum atomic E-state index is 0.0747. The van der Waals surface area contributed by atoms with Gasteiger partial charge in [0, 0.05) is 25.7 Å². The van der Waals surface area contributed by atoms with E-state index in [9.17, 15) is 0 Å².